The highest BCUT2D eigenvalue weighted by molar-refractivity contribution is 7.16. The highest BCUT2D eigenvalue weighted by Crippen LogP contribution is 2.45. The van der Waals surface area contributed by atoms with E-state index in [4.69, 9.17) is 16.3 Å². The molecule has 6 heteroatoms. The molecule has 0 aliphatic heterocycles. The molecule has 3 rings (SSSR count). The van der Waals surface area contributed by atoms with Crippen LogP contribution < -0.4 is 10.1 Å². The van der Waals surface area contributed by atoms with Crippen molar-refractivity contribution in [2.45, 2.75) is 59.5 Å². The first kappa shape index (κ1) is 21.7. The minimum Gasteiger partial charge on any atom is -0.481 e. The first-order valence-electron chi connectivity index (χ1n) is 10.0. The van der Waals surface area contributed by atoms with Crippen molar-refractivity contribution < 1.29 is 9.53 Å². The molecule has 2 atom stereocenters. The maximum atomic E-state index is 12.7. The van der Waals surface area contributed by atoms with E-state index in [0.29, 0.717) is 27.3 Å². The van der Waals surface area contributed by atoms with Crippen molar-refractivity contribution >= 4 is 33.8 Å². The number of rotatable bonds is 6. The molecule has 0 bridgehead atoms. The van der Waals surface area contributed by atoms with Gasteiger partial charge in [-0.2, -0.15) is 5.26 Å². The molecule has 2 aromatic rings. The smallest absolute Gasteiger partial charge is 0.265 e. The quantitative estimate of drug-likeness (QED) is 0.591. The van der Waals surface area contributed by atoms with E-state index in [0.717, 1.165) is 31.2 Å². The Morgan fingerprint density at radius 1 is 1.48 bits per heavy atom. The summed E-state index contributed by atoms with van der Waals surface area (Å²) < 4.78 is 5.71. The fourth-order valence-electron chi connectivity index (χ4n) is 3.76. The highest BCUT2D eigenvalue weighted by Gasteiger charge is 2.34. The molecule has 0 saturated heterocycles. The lowest BCUT2D eigenvalue weighted by molar-refractivity contribution is -0.122. The van der Waals surface area contributed by atoms with Crippen LogP contribution in [0.5, 0.6) is 5.75 Å². The summed E-state index contributed by atoms with van der Waals surface area (Å²) in [6.07, 6.45) is 3.38. The summed E-state index contributed by atoms with van der Waals surface area (Å²) >= 11 is 7.51. The van der Waals surface area contributed by atoms with E-state index in [-0.39, 0.29) is 11.3 Å². The van der Waals surface area contributed by atoms with Gasteiger partial charge < -0.3 is 10.1 Å². The molecule has 1 amide bonds. The molecule has 1 aromatic carbocycles. The number of ether oxygens (including phenoxy) is 1. The van der Waals surface area contributed by atoms with Gasteiger partial charge in [0, 0.05) is 9.90 Å². The maximum Gasteiger partial charge on any atom is 0.265 e. The molecule has 4 nitrogen and oxygen atoms in total. The molecule has 154 valence electrons. The summed E-state index contributed by atoms with van der Waals surface area (Å²) in [4.78, 5) is 13.9. The number of nitriles is 1. The van der Waals surface area contributed by atoms with Crippen molar-refractivity contribution in [3.05, 3.63) is 45.3 Å². The Bertz CT molecular complexity index is 945. The van der Waals surface area contributed by atoms with Crippen LogP contribution in [0.25, 0.3) is 0 Å². The Balaban J connectivity index is 1.75. The molecule has 0 radical (unpaired) electrons. The Kier molecular flexibility index (Phi) is 6.55. The normalized spacial score (nSPS) is 17.2. The first-order chi connectivity index (χ1) is 13.7. The number of carbonyl (C=O) groups excluding carboxylic acids is 1. The number of benzene rings is 1. The van der Waals surface area contributed by atoms with Crippen LogP contribution in [0.1, 0.15) is 56.5 Å². The first-order valence-corrected chi connectivity index (χ1v) is 11.2. The minimum absolute atomic E-state index is 0.273. The molecule has 0 fully saturated rings. The zero-order valence-corrected chi connectivity index (χ0v) is 18.9. The highest BCUT2D eigenvalue weighted by atomic mass is 35.5. The molecule has 2 unspecified atom stereocenters. The van der Waals surface area contributed by atoms with E-state index in [1.54, 1.807) is 42.5 Å². The minimum atomic E-state index is -0.703. The lowest BCUT2D eigenvalue weighted by atomic mass is 9.69. The van der Waals surface area contributed by atoms with Gasteiger partial charge in [-0.3, -0.25) is 4.79 Å². The van der Waals surface area contributed by atoms with E-state index in [2.05, 4.69) is 32.2 Å². The van der Waals surface area contributed by atoms with Gasteiger partial charge in [-0.1, -0.05) is 44.9 Å². The van der Waals surface area contributed by atoms with Crippen LogP contribution in [-0.2, 0) is 17.6 Å². The summed E-state index contributed by atoms with van der Waals surface area (Å²) in [7, 11) is 0. The van der Waals surface area contributed by atoms with Crippen LogP contribution in [0.2, 0.25) is 5.02 Å². The second-order valence-electron chi connectivity index (χ2n) is 8.31. The zero-order valence-electron chi connectivity index (χ0n) is 17.3. The molecule has 1 aromatic heterocycles. The van der Waals surface area contributed by atoms with E-state index < -0.39 is 6.10 Å². The van der Waals surface area contributed by atoms with E-state index in [1.165, 1.54) is 4.88 Å². The molecule has 1 aliphatic carbocycles. The van der Waals surface area contributed by atoms with Crippen molar-refractivity contribution in [3.8, 4) is 11.8 Å². The molecule has 0 spiro atoms. The van der Waals surface area contributed by atoms with Crippen LogP contribution in [0.3, 0.4) is 0 Å². The molecular formula is C23H27ClN2O2S. The zero-order chi connectivity index (χ0) is 21.2. The molecule has 1 aliphatic rings. The predicted octanol–water partition coefficient (Wildman–Crippen LogP) is 6.22. The summed E-state index contributed by atoms with van der Waals surface area (Å²) in [5.41, 5.74) is 2.00. The number of nitrogens with zero attached hydrogens (tertiary/aromatic N) is 1. The predicted molar refractivity (Wildman–Crippen MR) is 119 cm³/mol. The van der Waals surface area contributed by atoms with Gasteiger partial charge in [-0.15, -0.1) is 11.3 Å². The van der Waals surface area contributed by atoms with Crippen molar-refractivity contribution in [1.82, 2.24) is 0 Å². The Hall–Kier alpha value is -2.03. The third kappa shape index (κ3) is 4.76. The van der Waals surface area contributed by atoms with Gasteiger partial charge in [0.1, 0.15) is 16.8 Å². The standard InChI is InChI=1S/C23H27ClN2O2S/c1-5-23(3,4)15-9-10-18-19(13-25)22(29-20(18)11-15)26-21(27)14(2)28-17-8-6-7-16(24)12-17/h6-8,12,14-15H,5,9-11H2,1-4H3,(H,26,27). The van der Waals surface area contributed by atoms with Crippen molar-refractivity contribution in [3.63, 3.8) is 0 Å². The molecule has 0 saturated carbocycles. The van der Waals surface area contributed by atoms with Gasteiger partial charge in [0.2, 0.25) is 0 Å². The number of hydrogen-bond acceptors (Lipinski definition) is 4. The van der Waals surface area contributed by atoms with Gasteiger partial charge >= 0.3 is 0 Å². The fourth-order valence-corrected chi connectivity index (χ4v) is 5.22. The van der Waals surface area contributed by atoms with Gasteiger partial charge in [0.05, 0.1) is 5.56 Å². The monoisotopic (exact) mass is 430 g/mol. The van der Waals surface area contributed by atoms with Crippen LogP contribution >= 0.6 is 22.9 Å². The average Bonchev–Trinajstić information content (AvgIpc) is 3.03. The van der Waals surface area contributed by atoms with Gasteiger partial charge in [0.25, 0.3) is 5.91 Å². The second-order valence-corrected chi connectivity index (χ2v) is 9.85. The topological polar surface area (TPSA) is 62.1 Å². The maximum absolute atomic E-state index is 12.7. The third-order valence-electron chi connectivity index (χ3n) is 6.11. The van der Waals surface area contributed by atoms with Gasteiger partial charge in [0.15, 0.2) is 6.10 Å². The van der Waals surface area contributed by atoms with Crippen molar-refractivity contribution in [1.29, 1.82) is 5.26 Å². The number of amides is 1. The molecular weight excluding hydrogens is 404 g/mol. The van der Waals surface area contributed by atoms with Crippen molar-refractivity contribution in [2.24, 2.45) is 11.3 Å². The average molecular weight is 431 g/mol. The third-order valence-corrected chi connectivity index (χ3v) is 7.51. The molecule has 1 N–H and O–H groups in total. The van der Waals surface area contributed by atoms with Crippen molar-refractivity contribution in [2.75, 3.05) is 5.32 Å². The summed E-state index contributed by atoms with van der Waals surface area (Å²) in [6, 6.07) is 9.27. The summed E-state index contributed by atoms with van der Waals surface area (Å²) in [5, 5.41) is 13.8. The van der Waals surface area contributed by atoms with Crippen LogP contribution in [-0.4, -0.2) is 12.0 Å². The Morgan fingerprint density at radius 2 is 2.24 bits per heavy atom. The fraction of sp³-hybridized carbons (Fsp3) is 0.478. The summed E-state index contributed by atoms with van der Waals surface area (Å²) in [5.74, 6) is 0.861. The van der Waals surface area contributed by atoms with Crippen LogP contribution in [0, 0.1) is 22.7 Å². The Labute approximate surface area is 181 Å². The van der Waals surface area contributed by atoms with Crippen LogP contribution in [0.4, 0.5) is 5.00 Å². The number of anilines is 1. The number of hydrogen-bond donors (Lipinski definition) is 1. The van der Waals surface area contributed by atoms with E-state index in [1.807, 2.05) is 0 Å². The van der Waals surface area contributed by atoms with Gasteiger partial charge in [-0.25, -0.2) is 0 Å². The van der Waals surface area contributed by atoms with Crippen LogP contribution in [0.15, 0.2) is 24.3 Å². The van der Waals surface area contributed by atoms with Gasteiger partial charge in [-0.05, 0) is 61.3 Å². The van der Waals surface area contributed by atoms with E-state index in [9.17, 15) is 10.1 Å². The number of thiophene rings is 1. The number of fused-ring (bicyclic) bond motifs is 1. The Morgan fingerprint density at radius 3 is 2.90 bits per heavy atom. The van der Waals surface area contributed by atoms with E-state index >= 15 is 0 Å². The summed E-state index contributed by atoms with van der Waals surface area (Å²) in [6.45, 7) is 8.56. The number of carbonyl (C=O) groups is 1. The number of halogens is 1. The lowest BCUT2D eigenvalue weighted by Gasteiger charge is -2.36. The SMILES string of the molecule is CCC(C)(C)C1CCc2c(sc(NC(=O)C(C)Oc3cccc(Cl)c3)c2C#N)C1. The molecule has 29 heavy (non-hydrogen) atoms. The molecule has 1 heterocycles. The lowest BCUT2D eigenvalue weighted by Crippen LogP contribution is -2.30. The second kappa shape index (κ2) is 8.77. The number of nitrogens with one attached hydrogen (secondary N) is 1. The largest absolute Gasteiger partial charge is 0.481 e.